The first-order valence-electron chi connectivity index (χ1n) is 7.38. The molecule has 0 radical (unpaired) electrons. The zero-order chi connectivity index (χ0) is 14.7. The third-order valence-corrected chi connectivity index (χ3v) is 3.87. The molecule has 0 bridgehead atoms. The second-order valence-corrected chi connectivity index (χ2v) is 5.42. The fourth-order valence-electron chi connectivity index (χ4n) is 2.66. The fourth-order valence-corrected chi connectivity index (χ4v) is 2.66. The third kappa shape index (κ3) is 3.13. The van der Waals surface area contributed by atoms with Crippen molar-refractivity contribution in [2.24, 2.45) is 0 Å². The van der Waals surface area contributed by atoms with E-state index in [1.54, 1.807) is 6.20 Å². The number of carbonyl (C=O) groups excluding carboxylic acids is 1. The molecule has 1 fully saturated rings. The lowest BCUT2D eigenvalue weighted by Crippen LogP contribution is -2.41. The van der Waals surface area contributed by atoms with Crippen LogP contribution < -0.4 is 10.6 Å². The van der Waals surface area contributed by atoms with Crippen LogP contribution in [-0.4, -0.2) is 28.3 Å². The minimum absolute atomic E-state index is 0.0181. The number of hydrogen-bond acceptors (Lipinski definition) is 3. The Hall–Kier alpha value is -2.14. The van der Waals surface area contributed by atoms with Gasteiger partial charge < -0.3 is 10.6 Å². The van der Waals surface area contributed by atoms with Crippen LogP contribution in [0.4, 0.5) is 0 Å². The van der Waals surface area contributed by atoms with E-state index in [1.165, 1.54) is 0 Å². The number of nitrogens with one attached hydrogen (secondary N) is 2. The molecule has 1 aliphatic heterocycles. The van der Waals surface area contributed by atoms with E-state index in [0.29, 0.717) is 0 Å². The van der Waals surface area contributed by atoms with Crippen LogP contribution in [0.3, 0.4) is 0 Å². The predicted octanol–water partition coefficient (Wildman–Crippen LogP) is 1.80. The predicted molar refractivity (Wildman–Crippen MR) is 81.1 cm³/mol. The smallest absolute Gasteiger partial charge is 0.237 e. The Morgan fingerprint density at radius 3 is 3.10 bits per heavy atom. The van der Waals surface area contributed by atoms with Gasteiger partial charge in [0.25, 0.3) is 0 Å². The largest absolute Gasteiger partial charge is 0.348 e. The molecule has 1 amide bonds. The SMILES string of the molecule is C[C@@H](NC(=O)[C@H]1CCCN1)c1cccc(-n2cccn2)c1. The van der Waals surface area contributed by atoms with Crippen LogP contribution in [0.25, 0.3) is 5.69 Å². The lowest BCUT2D eigenvalue weighted by atomic mass is 10.1. The van der Waals surface area contributed by atoms with Gasteiger partial charge in [0.2, 0.25) is 5.91 Å². The van der Waals surface area contributed by atoms with Crippen LogP contribution in [0, 0.1) is 0 Å². The minimum atomic E-state index is -0.0400. The zero-order valence-electron chi connectivity index (χ0n) is 12.1. The van der Waals surface area contributed by atoms with Crippen LogP contribution in [0.2, 0.25) is 0 Å². The summed E-state index contributed by atoms with van der Waals surface area (Å²) in [5.74, 6) is 0.0875. The number of benzene rings is 1. The highest BCUT2D eigenvalue weighted by Gasteiger charge is 2.23. The number of carbonyl (C=O) groups is 1. The second-order valence-electron chi connectivity index (χ2n) is 5.42. The normalized spacial score (nSPS) is 19.4. The van der Waals surface area contributed by atoms with E-state index in [-0.39, 0.29) is 18.0 Å². The lowest BCUT2D eigenvalue weighted by Gasteiger charge is -2.18. The molecule has 3 rings (SSSR count). The molecule has 2 heterocycles. The molecule has 0 saturated carbocycles. The summed E-state index contributed by atoms with van der Waals surface area (Å²) in [5, 5.41) is 10.5. The van der Waals surface area contributed by atoms with E-state index < -0.39 is 0 Å². The summed E-state index contributed by atoms with van der Waals surface area (Å²) in [4.78, 5) is 12.2. The maximum atomic E-state index is 12.2. The van der Waals surface area contributed by atoms with Crippen molar-refractivity contribution in [2.45, 2.75) is 31.8 Å². The first-order valence-corrected chi connectivity index (χ1v) is 7.38. The molecule has 1 aliphatic rings. The Morgan fingerprint density at radius 2 is 2.38 bits per heavy atom. The molecule has 1 aromatic carbocycles. The quantitative estimate of drug-likeness (QED) is 0.900. The van der Waals surface area contributed by atoms with Gasteiger partial charge in [-0.1, -0.05) is 12.1 Å². The van der Waals surface area contributed by atoms with Gasteiger partial charge >= 0.3 is 0 Å². The number of amides is 1. The summed E-state index contributed by atoms with van der Waals surface area (Å²) < 4.78 is 1.82. The van der Waals surface area contributed by atoms with Gasteiger partial charge in [-0.15, -0.1) is 0 Å². The van der Waals surface area contributed by atoms with Gasteiger partial charge in [-0.3, -0.25) is 4.79 Å². The van der Waals surface area contributed by atoms with Gasteiger partial charge in [0.05, 0.1) is 17.8 Å². The summed E-state index contributed by atoms with van der Waals surface area (Å²) in [7, 11) is 0. The molecule has 110 valence electrons. The fraction of sp³-hybridized carbons (Fsp3) is 0.375. The van der Waals surface area contributed by atoms with Crippen molar-refractivity contribution in [3.05, 3.63) is 48.3 Å². The molecular weight excluding hydrogens is 264 g/mol. The average molecular weight is 284 g/mol. The Kier molecular flexibility index (Phi) is 4.01. The molecule has 0 aliphatic carbocycles. The Labute approximate surface area is 124 Å². The van der Waals surface area contributed by atoms with Crippen LogP contribution in [-0.2, 0) is 4.79 Å². The molecular formula is C16H20N4O. The second kappa shape index (κ2) is 6.10. The summed E-state index contributed by atoms with van der Waals surface area (Å²) in [6.07, 6.45) is 5.65. The van der Waals surface area contributed by atoms with E-state index in [1.807, 2.05) is 42.1 Å². The summed E-state index contributed by atoms with van der Waals surface area (Å²) >= 11 is 0. The van der Waals surface area contributed by atoms with Crippen molar-refractivity contribution in [1.29, 1.82) is 0 Å². The first kappa shape index (κ1) is 13.8. The van der Waals surface area contributed by atoms with Gasteiger partial charge in [0, 0.05) is 12.4 Å². The van der Waals surface area contributed by atoms with Crippen molar-refractivity contribution in [3.63, 3.8) is 0 Å². The zero-order valence-corrected chi connectivity index (χ0v) is 12.1. The van der Waals surface area contributed by atoms with Crippen LogP contribution >= 0.6 is 0 Å². The van der Waals surface area contributed by atoms with Crippen LogP contribution in [0.1, 0.15) is 31.4 Å². The van der Waals surface area contributed by atoms with E-state index >= 15 is 0 Å². The van der Waals surface area contributed by atoms with Gasteiger partial charge in [-0.25, -0.2) is 4.68 Å². The topological polar surface area (TPSA) is 59.0 Å². The summed E-state index contributed by atoms with van der Waals surface area (Å²) in [6.45, 7) is 2.94. The molecule has 1 aromatic heterocycles. The molecule has 2 N–H and O–H groups in total. The molecule has 0 spiro atoms. The van der Waals surface area contributed by atoms with Crippen molar-refractivity contribution >= 4 is 5.91 Å². The van der Waals surface area contributed by atoms with Crippen molar-refractivity contribution in [1.82, 2.24) is 20.4 Å². The van der Waals surface area contributed by atoms with E-state index in [0.717, 1.165) is 30.6 Å². The van der Waals surface area contributed by atoms with Crippen molar-refractivity contribution in [3.8, 4) is 5.69 Å². The average Bonchev–Trinajstić information content (AvgIpc) is 3.20. The standard InChI is InChI=1S/C16H20N4O/c1-12(19-16(21)15-7-3-8-17-15)13-5-2-6-14(11-13)20-10-4-9-18-20/h2,4-6,9-12,15,17H,3,7-8H2,1H3,(H,19,21)/t12-,15-/m1/s1. The Bertz CT molecular complexity index is 602. The van der Waals surface area contributed by atoms with Gasteiger partial charge in [0.1, 0.15) is 0 Å². The molecule has 2 aromatic rings. The molecule has 21 heavy (non-hydrogen) atoms. The van der Waals surface area contributed by atoms with Crippen molar-refractivity contribution in [2.75, 3.05) is 6.54 Å². The molecule has 0 unspecified atom stereocenters. The summed E-state index contributed by atoms with van der Waals surface area (Å²) in [5.41, 5.74) is 2.08. The van der Waals surface area contributed by atoms with Gasteiger partial charge in [-0.05, 0) is 50.1 Å². The lowest BCUT2D eigenvalue weighted by molar-refractivity contribution is -0.123. The number of nitrogens with zero attached hydrogens (tertiary/aromatic N) is 2. The highest BCUT2D eigenvalue weighted by Crippen LogP contribution is 2.17. The number of rotatable bonds is 4. The van der Waals surface area contributed by atoms with E-state index in [2.05, 4.69) is 21.8 Å². The third-order valence-electron chi connectivity index (χ3n) is 3.87. The van der Waals surface area contributed by atoms with Gasteiger partial charge in [0.15, 0.2) is 0 Å². The number of hydrogen-bond donors (Lipinski definition) is 2. The van der Waals surface area contributed by atoms with E-state index in [4.69, 9.17) is 0 Å². The van der Waals surface area contributed by atoms with E-state index in [9.17, 15) is 4.79 Å². The van der Waals surface area contributed by atoms with Crippen LogP contribution in [0.15, 0.2) is 42.7 Å². The Balaban J connectivity index is 1.71. The molecule has 5 nitrogen and oxygen atoms in total. The highest BCUT2D eigenvalue weighted by atomic mass is 16.2. The monoisotopic (exact) mass is 284 g/mol. The number of aromatic nitrogens is 2. The minimum Gasteiger partial charge on any atom is -0.348 e. The molecule has 5 heteroatoms. The van der Waals surface area contributed by atoms with Crippen LogP contribution in [0.5, 0.6) is 0 Å². The summed E-state index contributed by atoms with van der Waals surface area (Å²) in [6, 6.07) is 9.91. The first-order chi connectivity index (χ1) is 10.2. The molecule has 1 saturated heterocycles. The molecule has 2 atom stereocenters. The van der Waals surface area contributed by atoms with Gasteiger partial charge in [-0.2, -0.15) is 5.10 Å². The maximum absolute atomic E-state index is 12.2. The van der Waals surface area contributed by atoms with Crippen molar-refractivity contribution < 1.29 is 4.79 Å². The Morgan fingerprint density at radius 1 is 1.48 bits per heavy atom. The highest BCUT2D eigenvalue weighted by molar-refractivity contribution is 5.82. The maximum Gasteiger partial charge on any atom is 0.237 e.